The van der Waals surface area contributed by atoms with Gasteiger partial charge in [-0.05, 0) is 36.8 Å². The summed E-state index contributed by atoms with van der Waals surface area (Å²) >= 11 is 0. The molecular formula is C23H27N3O5. The Bertz CT molecular complexity index is 996. The zero-order valence-corrected chi connectivity index (χ0v) is 18.1. The van der Waals surface area contributed by atoms with Crippen LogP contribution in [0.25, 0.3) is 0 Å². The van der Waals surface area contributed by atoms with E-state index in [2.05, 4.69) is 10.3 Å². The molecule has 1 atom stereocenters. The van der Waals surface area contributed by atoms with Crippen LogP contribution in [0.2, 0.25) is 0 Å². The van der Waals surface area contributed by atoms with Crippen LogP contribution < -0.4 is 24.3 Å². The lowest BCUT2D eigenvalue weighted by Crippen LogP contribution is -2.34. The van der Waals surface area contributed by atoms with Crippen molar-refractivity contribution in [3.05, 3.63) is 66.2 Å². The molecule has 2 aromatic carbocycles. The van der Waals surface area contributed by atoms with Crippen molar-refractivity contribution >= 4 is 5.91 Å². The van der Waals surface area contributed by atoms with E-state index < -0.39 is 6.04 Å². The number of carbonyl (C=O) groups is 1. The number of amides is 1. The first-order valence-electron chi connectivity index (χ1n) is 9.89. The van der Waals surface area contributed by atoms with E-state index in [9.17, 15) is 4.79 Å². The minimum absolute atomic E-state index is 0.174. The Labute approximate surface area is 181 Å². The second-order valence-electron chi connectivity index (χ2n) is 6.71. The molecule has 0 fully saturated rings. The fraction of sp³-hybridized carbons (Fsp3) is 0.304. The van der Waals surface area contributed by atoms with Gasteiger partial charge in [0.15, 0.2) is 18.1 Å². The van der Waals surface area contributed by atoms with Crippen molar-refractivity contribution in [3.8, 4) is 23.0 Å². The van der Waals surface area contributed by atoms with Crippen LogP contribution in [0.4, 0.5) is 0 Å². The summed E-state index contributed by atoms with van der Waals surface area (Å²) in [4.78, 5) is 17.2. The van der Waals surface area contributed by atoms with E-state index in [1.807, 2.05) is 49.0 Å². The van der Waals surface area contributed by atoms with E-state index in [0.717, 1.165) is 5.56 Å². The highest BCUT2D eigenvalue weighted by Gasteiger charge is 2.23. The van der Waals surface area contributed by atoms with Gasteiger partial charge in [-0.2, -0.15) is 0 Å². The molecule has 1 aromatic heterocycles. The van der Waals surface area contributed by atoms with E-state index in [1.165, 1.54) is 0 Å². The van der Waals surface area contributed by atoms with Crippen molar-refractivity contribution in [1.29, 1.82) is 0 Å². The lowest BCUT2D eigenvalue weighted by molar-refractivity contribution is -0.123. The largest absolute Gasteiger partial charge is 0.497 e. The van der Waals surface area contributed by atoms with E-state index in [0.29, 0.717) is 35.4 Å². The molecule has 0 bridgehead atoms. The second kappa shape index (κ2) is 10.4. The topological polar surface area (TPSA) is 83.8 Å². The second-order valence-corrected chi connectivity index (χ2v) is 6.71. The summed E-state index contributed by atoms with van der Waals surface area (Å²) in [5.41, 5.74) is 0.772. The summed E-state index contributed by atoms with van der Waals surface area (Å²) in [6.45, 7) is 2.22. The third-order valence-corrected chi connectivity index (χ3v) is 4.64. The van der Waals surface area contributed by atoms with Crippen LogP contribution in [0.3, 0.4) is 0 Å². The predicted octanol–water partition coefficient (Wildman–Crippen LogP) is 3.12. The Balaban J connectivity index is 1.82. The highest BCUT2D eigenvalue weighted by molar-refractivity contribution is 5.78. The predicted molar refractivity (Wildman–Crippen MR) is 116 cm³/mol. The minimum atomic E-state index is -0.526. The van der Waals surface area contributed by atoms with E-state index >= 15 is 0 Å². The number of nitrogens with one attached hydrogen (secondary N) is 1. The van der Waals surface area contributed by atoms with Gasteiger partial charge in [0, 0.05) is 25.5 Å². The first kappa shape index (κ1) is 22.0. The lowest BCUT2D eigenvalue weighted by atomic mass is 10.0. The van der Waals surface area contributed by atoms with Crippen LogP contribution in [-0.4, -0.2) is 42.9 Å². The summed E-state index contributed by atoms with van der Waals surface area (Å²) in [6, 6.07) is 12.2. The number of para-hydroxylation sites is 2. The maximum Gasteiger partial charge on any atom is 0.258 e. The molecule has 0 aliphatic heterocycles. The number of rotatable bonds is 10. The zero-order chi connectivity index (χ0) is 22.2. The third-order valence-electron chi connectivity index (χ3n) is 4.64. The molecule has 0 radical (unpaired) electrons. The van der Waals surface area contributed by atoms with Gasteiger partial charge in [0.05, 0.1) is 20.8 Å². The number of aryl methyl sites for hydroxylation is 1. The Kier molecular flexibility index (Phi) is 7.37. The highest BCUT2D eigenvalue weighted by atomic mass is 16.5. The molecule has 1 unspecified atom stereocenters. The van der Waals surface area contributed by atoms with Crippen molar-refractivity contribution in [1.82, 2.24) is 14.9 Å². The average molecular weight is 425 g/mol. The van der Waals surface area contributed by atoms with Gasteiger partial charge in [-0.1, -0.05) is 12.1 Å². The van der Waals surface area contributed by atoms with E-state index in [4.69, 9.17) is 18.9 Å². The maximum absolute atomic E-state index is 12.8. The van der Waals surface area contributed by atoms with Gasteiger partial charge in [0.2, 0.25) is 0 Å². The molecule has 164 valence electrons. The molecule has 8 nitrogen and oxygen atoms in total. The fourth-order valence-electron chi connectivity index (χ4n) is 3.14. The normalized spacial score (nSPS) is 11.5. The van der Waals surface area contributed by atoms with Crippen molar-refractivity contribution < 1.29 is 23.7 Å². The summed E-state index contributed by atoms with van der Waals surface area (Å²) in [5.74, 6) is 2.70. The number of methoxy groups -OCH3 is 2. The zero-order valence-electron chi connectivity index (χ0n) is 18.1. The number of imidazole rings is 1. The maximum atomic E-state index is 12.8. The number of aromatic nitrogens is 2. The average Bonchev–Trinajstić information content (AvgIpc) is 3.22. The number of carbonyl (C=O) groups excluding carboxylic acids is 1. The van der Waals surface area contributed by atoms with Gasteiger partial charge in [-0.25, -0.2) is 4.98 Å². The third kappa shape index (κ3) is 5.48. The minimum Gasteiger partial charge on any atom is -0.497 e. The van der Waals surface area contributed by atoms with Gasteiger partial charge < -0.3 is 28.8 Å². The van der Waals surface area contributed by atoms with Crippen LogP contribution in [0.5, 0.6) is 23.0 Å². The molecule has 0 aliphatic rings. The number of hydrogen-bond acceptors (Lipinski definition) is 6. The summed E-state index contributed by atoms with van der Waals surface area (Å²) in [5, 5.41) is 3.00. The van der Waals surface area contributed by atoms with Gasteiger partial charge in [0.25, 0.3) is 5.91 Å². The quantitative estimate of drug-likeness (QED) is 0.537. The molecule has 31 heavy (non-hydrogen) atoms. The Morgan fingerprint density at radius 2 is 1.71 bits per heavy atom. The van der Waals surface area contributed by atoms with Crippen LogP contribution in [0, 0.1) is 0 Å². The van der Waals surface area contributed by atoms with Crippen molar-refractivity contribution in [2.24, 2.45) is 7.05 Å². The monoisotopic (exact) mass is 425 g/mol. The number of benzene rings is 2. The first-order chi connectivity index (χ1) is 15.0. The van der Waals surface area contributed by atoms with Crippen molar-refractivity contribution in [3.63, 3.8) is 0 Å². The number of ether oxygens (including phenoxy) is 4. The number of hydrogen-bond donors (Lipinski definition) is 1. The van der Waals surface area contributed by atoms with Crippen molar-refractivity contribution in [2.75, 3.05) is 27.4 Å². The van der Waals surface area contributed by atoms with Crippen LogP contribution in [-0.2, 0) is 11.8 Å². The summed E-state index contributed by atoms with van der Waals surface area (Å²) in [6.07, 6.45) is 3.50. The summed E-state index contributed by atoms with van der Waals surface area (Å²) in [7, 11) is 5.03. The van der Waals surface area contributed by atoms with Crippen molar-refractivity contribution in [2.45, 2.75) is 13.0 Å². The van der Waals surface area contributed by atoms with E-state index in [-0.39, 0.29) is 12.5 Å². The van der Waals surface area contributed by atoms with Gasteiger partial charge >= 0.3 is 0 Å². The molecule has 1 heterocycles. The molecule has 0 saturated carbocycles. The van der Waals surface area contributed by atoms with E-state index in [1.54, 1.807) is 38.6 Å². The molecule has 1 N–H and O–H groups in total. The molecule has 0 spiro atoms. The van der Waals surface area contributed by atoms with Gasteiger partial charge in [-0.15, -0.1) is 0 Å². The van der Waals surface area contributed by atoms with Gasteiger partial charge in [0.1, 0.15) is 23.4 Å². The van der Waals surface area contributed by atoms with Crippen LogP contribution in [0.1, 0.15) is 24.4 Å². The lowest BCUT2D eigenvalue weighted by Gasteiger charge is -2.21. The fourth-order valence-corrected chi connectivity index (χ4v) is 3.14. The Hall–Kier alpha value is -3.68. The Morgan fingerprint density at radius 1 is 1.06 bits per heavy atom. The molecule has 8 heteroatoms. The standard InChI is InChI=1S/C23H27N3O5/c1-5-30-19-8-6-7-9-20(19)31-15-21(27)25-22(23-24-10-11-26(23)2)16-12-17(28-3)14-18(13-16)29-4/h6-14,22H,5,15H2,1-4H3,(H,25,27). The first-order valence-corrected chi connectivity index (χ1v) is 9.89. The Morgan fingerprint density at radius 3 is 2.26 bits per heavy atom. The molecule has 0 saturated heterocycles. The highest BCUT2D eigenvalue weighted by Crippen LogP contribution is 2.30. The van der Waals surface area contributed by atoms with Crippen LogP contribution in [0.15, 0.2) is 54.9 Å². The molecule has 1 amide bonds. The van der Waals surface area contributed by atoms with Crippen LogP contribution >= 0.6 is 0 Å². The van der Waals surface area contributed by atoms with Gasteiger partial charge in [-0.3, -0.25) is 4.79 Å². The number of nitrogens with zero attached hydrogens (tertiary/aromatic N) is 2. The molecule has 0 aliphatic carbocycles. The summed E-state index contributed by atoms with van der Waals surface area (Å²) < 4.78 is 23.9. The molecule has 3 aromatic rings. The molecule has 3 rings (SSSR count). The smallest absolute Gasteiger partial charge is 0.258 e. The SMILES string of the molecule is CCOc1ccccc1OCC(=O)NC(c1cc(OC)cc(OC)c1)c1nccn1C. The molecular weight excluding hydrogens is 398 g/mol.